The lowest BCUT2D eigenvalue weighted by molar-refractivity contribution is 0.316. The summed E-state index contributed by atoms with van der Waals surface area (Å²) in [6, 6.07) is 12.4. The third-order valence-electron chi connectivity index (χ3n) is 4.28. The normalized spacial score (nSPS) is 18.1. The van der Waals surface area contributed by atoms with Crippen LogP contribution in [0, 0.1) is 5.82 Å². The molecule has 0 N–H and O–H groups in total. The molecule has 0 spiro atoms. The van der Waals surface area contributed by atoms with Gasteiger partial charge in [-0.05, 0) is 37.2 Å². The van der Waals surface area contributed by atoms with Crippen LogP contribution in [0.3, 0.4) is 0 Å². The van der Waals surface area contributed by atoms with Crippen molar-refractivity contribution in [2.45, 2.75) is 18.9 Å². The van der Waals surface area contributed by atoms with E-state index in [9.17, 15) is 4.39 Å². The van der Waals surface area contributed by atoms with Crippen LogP contribution >= 0.6 is 0 Å². The van der Waals surface area contributed by atoms with E-state index >= 15 is 0 Å². The average molecular weight is 324 g/mol. The highest BCUT2D eigenvalue weighted by Crippen LogP contribution is 2.29. The molecule has 0 aliphatic carbocycles. The van der Waals surface area contributed by atoms with Crippen LogP contribution in [0.2, 0.25) is 0 Å². The summed E-state index contributed by atoms with van der Waals surface area (Å²) in [6.45, 7) is 2.61. The summed E-state index contributed by atoms with van der Waals surface area (Å²) in [6.07, 6.45) is 2.76. The van der Waals surface area contributed by atoms with Crippen molar-refractivity contribution in [2.24, 2.45) is 0 Å². The molecular formula is C18H17FN4O. The van der Waals surface area contributed by atoms with Gasteiger partial charge in [-0.25, -0.2) is 4.39 Å². The molecule has 122 valence electrons. The molecule has 0 radical (unpaired) electrons. The highest BCUT2D eigenvalue weighted by atomic mass is 19.1. The summed E-state index contributed by atoms with van der Waals surface area (Å²) in [4.78, 5) is 6.68. The number of nitrogens with zero attached hydrogens (tertiary/aromatic N) is 4. The SMILES string of the molecule is Fc1ccccc1-c1nnc([C@H]2CCN(Cc3ccccn3)C2)o1. The molecule has 5 nitrogen and oxygen atoms in total. The highest BCUT2D eigenvalue weighted by Gasteiger charge is 2.28. The minimum atomic E-state index is -0.351. The molecule has 1 atom stereocenters. The average Bonchev–Trinajstić information content (AvgIpc) is 3.25. The van der Waals surface area contributed by atoms with Gasteiger partial charge in [-0.1, -0.05) is 18.2 Å². The molecule has 2 aromatic heterocycles. The molecular weight excluding hydrogens is 307 g/mol. The van der Waals surface area contributed by atoms with E-state index in [4.69, 9.17) is 4.42 Å². The predicted molar refractivity (Wildman–Crippen MR) is 86.6 cm³/mol. The molecule has 1 fully saturated rings. The van der Waals surface area contributed by atoms with E-state index in [0.29, 0.717) is 11.5 Å². The number of benzene rings is 1. The maximum atomic E-state index is 13.8. The van der Waals surface area contributed by atoms with Crippen LogP contribution in [0.4, 0.5) is 4.39 Å². The van der Waals surface area contributed by atoms with Crippen molar-refractivity contribution in [3.05, 3.63) is 66.1 Å². The Hall–Kier alpha value is -2.60. The van der Waals surface area contributed by atoms with E-state index in [-0.39, 0.29) is 17.6 Å². The van der Waals surface area contributed by atoms with Crippen LogP contribution in [0.1, 0.15) is 23.9 Å². The van der Waals surface area contributed by atoms with Crippen LogP contribution < -0.4 is 0 Å². The fourth-order valence-corrected chi connectivity index (χ4v) is 3.04. The van der Waals surface area contributed by atoms with Crippen LogP contribution in [-0.2, 0) is 6.54 Å². The first kappa shape index (κ1) is 15.0. The zero-order valence-electron chi connectivity index (χ0n) is 13.1. The van der Waals surface area contributed by atoms with Crippen LogP contribution in [0.15, 0.2) is 53.1 Å². The number of rotatable bonds is 4. The maximum Gasteiger partial charge on any atom is 0.250 e. The van der Waals surface area contributed by atoms with Gasteiger partial charge in [-0.2, -0.15) is 0 Å². The molecule has 3 heterocycles. The molecule has 0 saturated carbocycles. The molecule has 1 aromatic carbocycles. The number of aromatic nitrogens is 3. The molecule has 6 heteroatoms. The lowest BCUT2D eigenvalue weighted by Crippen LogP contribution is -2.20. The minimum absolute atomic E-state index is 0.182. The summed E-state index contributed by atoms with van der Waals surface area (Å²) in [5.74, 6) is 0.653. The Bertz CT molecular complexity index is 821. The van der Waals surface area contributed by atoms with E-state index in [1.54, 1.807) is 18.2 Å². The van der Waals surface area contributed by atoms with Crippen LogP contribution in [0.5, 0.6) is 0 Å². The Labute approximate surface area is 139 Å². The topological polar surface area (TPSA) is 55.1 Å². The molecule has 0 unspecified atom stereocenters. The minimum Gasteiger partial charge on any atom is -0.420 e. The van der Waals surface area contributed by atoms with Crippen LogP contribution in [0.25, 0.3) is 11.5 Å². The van der Waals surface area contributed by atoms with Crippen molar-refractivity contribution in [3.63, 3.8) is 0 Å². The number of likely N-dealkylation sites (tertiary alicyclic amines) is 1. The molecule has 0 amide bonds. The molecule has 1 aliphatic rings. The van der Waals surface area contributed by atoms with Gasteiger partial charge >= 0.3 is 0 Å². The largest absolute Gasteiger partial charge is 0.420 e. The molecule has 0 bridgehead atoms. The summed E-state index contributed by atoms with van der Waals surface area (Å²) in [5.41, 5.74) is 1.40. The number of pyridine rings is 1. The summed E-state index contributed by atoms with van der Waals surface area (Å²) >= 11 is 0. The van der Waals surface area contributed by atoms with E-state index in [1.165, 1.54) is 6.07 Å². The van der Waals surface area contributed by atoms with Crippen molar-refractivity contribution in [1.29, 1.82) is 0 Å². The number of hydrogen-bond acceptors (Lipinski definition) is 5. The Balaban J connectivity index is 1.45. The Morgan fingerprint density at radius 2 is 2.00 bits per heavy atom. The lowest BCUT2D eigenvalue weighted by atomic mass is 10.1. The Morgan fingerprint density at radius 1 is 1.12 bits per heavy atom. The fourth-order valence-electron chi connectivity index (χ4n) is 3.04. The number of halogens is 1. The van der Waals surface area contributed by atoms with Crippen molar-refractivity contribution in [1.82, 2.24) is 20.1 Å². The molecule has 24 heavy (non-hydrogen) atoms. The standard InChI is InChI=1S/C18H17FN4O/c19-16-7-2-1-6-15(16)18-22-21-17(24-18)13-8-10-23(11-13)12-14-5-3-4-9-20-14/h1-7,9,13H,8,10-12H2/t13-/m0/s1. The Kier molecular flexibility index (Phi) is 4.04. The first-order chi connectivity index (χ1) is 11.8. The zero-order valence-corrected chi connectivity index (χ0v) is 13.1. The van der Waals surface area contributed by atoms with Crippen molar-refractivity contribution >= 4 is 0 Å². The lowest BCUT2D eigenvalue weighted by Gasteiger charge is -2.14. The second-order valence-corrected chi connectivity index (χ2v) is 5.97. The predicted octanol–water partition coefficient (Wildman–Crippen LogP) is 3.26. The van der Waals surface area contributed by atoms with E-state index in [1.807, 2.05) is 24.4 Å². The zero-order chi connectivity index (χ0) is 16.4. The highest BCUT2D eigenvalue weighted by molar-refractivity contribution is 5.53. The van der Waals surface area contributed by atoms with Gasteiger partial charge in [0.15, 0.2) is 0 Å². The Morgan fingerprint density at radius 3 is 2.83 bits per heavy atom. The molecule has 1 aliphatic heterocycles. The second kappa shape index (κ2) is 6.49. The first-order valence-corrected chi connectivity index (χ1v) is 8.00. The summed E-state index contributed by atoms with van der Waals surface area (Å²) in [5, 5.41) is 8.14. The summed E-state index contributed by atoms with van der Waals surface area (Å²) < 4.78 is 19.6. The monoisotopic (exact) mass is 324 g/mol. The molecule has 3 aromatic rings. The third kappa shape index (κ3) is 3.05. The fraction of sp³-hybridized carbons (Fsp3) is 0.278. The van der Waals surface area contributed by atoms with E-state index in [0.717, 1.165) is 31.7 Å². The van der Waals surface area contributed by atoms with Gasteiger partial charge in [0.25, 0.3) is 5.89 Å². The maximum absolute atomic E-state index is 13.8. The summed E-state index contributed by atoms with van der Waals surface area (Å²) in [7, 11) is 0. The van der Waals surface area contributed by atoms with Gasteiger partial charge in [0, 0.05) is 19.3 Å². The van der Waals surface area contributed by atoms with Gasteiger partial charge in [0.2, 0.25) is 5.89 Å². The van der Waals surface area contributed by atoms with Gasteiger partial charge in [-0.15, -0.1) is 10.2 Å². The van der Waals surface area contributed by atoms with Gasteiger partial charge in [-0.3, -0.25) is 9.88 Å². The molecule has 1 saturated heterocycles. The van der Waals surface area contributed by atoms with Crippen molar-refractivity contribution in [3.8, 4) is 11.5 Å². The van der Waals surface area contributed by atoms with Gasteiger partial charge < -0.3 is 4.42 Å². The van der Waals surface area contributed by atoms with Crippen LogP contribution in [-0.4, -0.2) is 33.2 Å². The number of hydrogen-bond donors (Lipinski definition) is 0. The quantitative estimate of drug-likeness (QED) is 0.737. The third-order valence-corrected chi connectivity index (χ3v) is 4.28. The van der Waals surface area contributed by atoms with Gasteiger partial charge in [0.05, 0.1) is 17.2 Å². The van der Waals surface area contributed by atoms with Crippen molar-refractivity contribution < 1.29 is 8.81 Å². The van der Waals surface area contributed by atoms with E-state index < -0.39 is 0 Å². The second-order valence-electron chi connectivity index (χ2n) is 5.97. The van der Waals surface area contributed by atoms with E-state index in [2.05, 4.69) is 20.1 Å². The molecule has 4 rings (SSSR count). The first-order valence-electron chi connectivity index (χ1n) is 8.00. The smallest absolute Gasteiger partial charge is 0.250 e. The van der Waals surface area contributed by atoms with Gasteiger partial charge in [0.1, 0.15) is 5.82 Å². The van der Waals surface area contributed by atoms with Crippen molar-refractivity contribution in [2.75, 3.05) is 13.1 Å².